The Kier molecular flexibility index (Phi) is 5.45. The van der Waals surface area contributed by atoms with Gasteiger partial charge in [-0.05, 0) is 49.1 Å². The summed E-state index contributed by atoms with van der Waals surface area (Å²) >= 11 is 0. The van der Waals surface area contributed by atoms with Crippen LogP contribution in [-0.4, -0.2) is 53.2 Å². The zero-order chi connectivity index (χ0) is 18.6. The third-order valence-electron chi connectivity index (χ3n) is 5.54. The average Bonchev–Trinajstić information content (AvgIpc) is 3.27. The normalized spacial score (nSPS) is 24.2. The van der Waals surface area contributed by atoms with E-state index in [0.29, 0.717) is 37.2 Å². The summed E-state index contributed by atoms with van der Waals surface area (Å²) in [6.45, 7) is 5.43. The van der Waals surface area contributed by atoms with Gasteiger partial charge in [-0.15, -0.1) is 0 Å². The van der Waals surface area contributed by atoms with E-state index in [2.05, 4.69) is 9.97 Å². The maximum Gasteiger partial charge on any atom is 0.255 e. The number of aromatic nitrogens is 2. The van der Waals surface area contributed by atoms with Gasteiger partial charge in [-0.25, -0.2) is 0 Å². The van der Waals surface area contributed by atoms with E-state index in [1.807, 2.05) is 36.1 Å². The summed E-state index contributed by atoms with van der Waals surface area (Å²) in [5, 5.41) is 0. The van der Waals surface area contributed by atoms with E-state index in [0.717, 1.165) is 30.8 Å². The molecule has 2 aromatic rings. The number of likely N-dealkylation sites (tertiary alicyclic amines) is 1. The maximum absolute atomic E-state index is 12.7. The van der Waals surface area contributed by atoms with Gasteiger partial charge in [0.25, 0.3) is 5.91 Å². The number of amides is 1. The number of aryl methyl sites for hydroxylation is 1. The molecule has 27 heavy (non-hydrogen) atoms. The first kappa shape index (κ1) is 18.1. The van der Waals surface area contributed by atoms with E-state index in [1.54, 1.807) is 18.6 Å². The Morgan fingerprint density at radius 1 is 1.26 bits per heavy atom. The molecule has 0 spiro atoms. The van der Waals surface area contributed by atoms with Crippen molar-refractivity contribution in [1.29, 1.82) is 0 Å². The lowest BCUT2D eigenvalue weighted by Crippen LogP contribution is -2.31. The van der Waals surface area contributed by atoms with Crippen LogP contribution >= 0.6 is 0 Å². The summed E-state index contributed by atoms with van der Waals surface area (Å²) in [4.78, 5) is 22.9. The first-order valence-electron chi connectivity index (χ1n) is 9.51. The first-order valence-corrected chi connectivity index (χ1v) is 9.51. The number of rotatable bonds is 6. The molecule has 0 unspecified atom stereocenters. The number of hydrogen-bond donors (Lipinski definition) is 0. The number of carbonyl (C=O) groups is 1. The monoisotopic (exact) mass is 367 g/mol. The van der Waals surface area contributed by atoms with Crippen LogP contribution in [0.3, 0.4) is 0 Å². The zero-order valence-corrected chi connectivity index (χ0v) is 15.6. The van der Waals surface area contributed by atoms with Crippen LogP contribution < -0.4 is 0 Å². The molecule has 2 fully saturated rings. The molecule has 3 atom stereocenters. The van der Waals surface area contributed by atoms with E-state index >= 15 is 0 Å². The third-order valence-corrected chi connectivity index (χ3v) is 5.54. The van der Waals surface area contributed by atoms with Crippen LogP contribution in [0, 0.1) is 18.8 Å². The molecule has 2 aliphatic rings. The Balaban J connectivity index is 1.27. The molecule has 6 heteroatoms. The Hall–Kier alpha value is -2.31. The van der Waals surface area contributed by atoms with Crippen molar-refractivity contribution in [2.45, 2.75) is 26.1 Å². The van der Waals surface area contributed by atoms with E-state index in [4.69, 9.17) is 9.47 Å². The predicted molar refractivity (Wildman–Crippen MR) is 100 cm³/mol. The Morgan fingerprint density at radius 2 is 2.11 bits per heavy atom. The molecule has 0 radical (unpaired) electrons. The van der Waals surface area contributed by atoms with Gasteiger partial charge in [0.2, 0.25) is 0 Å². The van der Waals surface area contributed by atoms with Gasteiger partial charge in [-0.1, -0.05) is 0 Å². The highest BCUT2D eigenvalue weighted by Crippen LogP contribution is 2.36. The van der Waals surface area contributed by atoms with Gasteiger partial charge in [-0.2, -0.15) is 0 Å². The van der Waals surface area contributed by atoms with Crippen molar-refractivity contribution in [2.75, 3.05) is 26.3 Å². The minimum absolute atomic E-state index is 0.0492. The maximum atomic E-state index is 12.7. The summed E-state index contributed by atoms with van der Waals surface area (Å²) in [7, 11) is 0. The zero-order valence-electron chi connectivity index (χ0n) is 15.6. The Morgan fingerprint density at radius 3 is 2.89 bits per heavy atom. The fourth-order valence-corrected chi connectivity index (χ4v) is 3.94. The highest BCUT2D eigenvalue weighted by atomic mass is 16.5. The molecule has 6 nitrogen and oxygen atoms in total. The van der Waals surface area contributed by atoms with Crippen molar-refractivity contribution in [3.8, 4) is 0 Å². The molecule has 2 saturated heterocycles. The van der Waals surface area contributed by atoms with Crippen LogP contribution in [0.25, 0.3) is 0 Å². The van der Waals surface area contributed by atoms with Crippen molar-refractivity contribution in [2.24, 2.45) is 11.8 Å². The second-order valence-corrected chi connectivity index (χ2v) is 7.39. The average molecular weight is 367 g/mol. The molecular formula is C21H25N3O3. The van der Waals surface area contributed by atoms with Gasteiger partial charge in [0.1, 0.15) is 0 Å². The largest absolute Gasteiger partial charge is 0.377 e. The molecule has 2 aromatic heterocycles. The van der Waals surface area contributed by atoms with E-state index in [9.17, 15) is 4.79 Å². The van der Waals surface area contributed by atoms with E-state index in [1.165, 1.54) is 0 Å². The lowest BCUT2D eigenvalue weighted by Gasteiger charge is -2.20. The number of fused-ring (bicyclic) bond motifs is 1. The van der Waals surface area contributed by atoms with E-state index in [-0.39, 0.29) is 12.0 Å². The second-order valence-electron chi connectivity index (χ2n) is 7.39. The molecule has 0 saturated carbocycles. The van der Waals surface area contributed by atoms with Gasteiger partial charge >= 0.3 is 0 Å². The number of nitrogens with zero attached hydrogens (tertiary/aromatic N) is 3. The van der Waals surface area contributed by atoms with E-state index < -0.39 is 0 Å². The van der Waals surface area contributed by atoms with Crippen LogP contribution in [0.1, 0.15) is 28.0 Å². The van der Waals surface area contributed by atoms with Gasteiger partial charge in [0.15, 0.2) is 0 Å². The Bertz CT molecular complexity index is 766. The highest BCUT2D eigenvalue weighted by Gasteiger charge is 2.44. The highest BCUT2D eigenvalue weighted by molar-refractivity contribution is 5.94. The quantitative estimate of drug-likeness (QED) is 0.734. The summed E-state index contributed by atoms with van der Waals surface area (Å²) in [6.07, 6.45) is 6.33. The fraction of sp³-hybridized carbons (Fsp3) is 0.476. The molecule has 4 heterocycles. The van der Waals surface area contributed by atoms with Crippen molar-refractivity contribution in [1.82, 2.24) is 14.9 Å². The van der Waals surface area contributed by atoms with Crippen LogP contribution in [0.4, 0.5) is 0 Å². The predicted octanol–water partition coefficient (Wildman–Crippen LogP) is 2.48. The minimum atomic E-state index is 0.0492. The van der Waals surface area contributed by atoms with Crippen LogP contribution in [0.5, 0.6) is 0 Å². The van der Waals surface area contributed by atoms with Crippen molar-refractivity contribution in [3.05, 3.63) is 59.7 Å². The number of ether oxygens (including phenoxy) is 2. The molecule has 0 N–H and O–H groups in total. The summed E-state index contributed by atoms with van der Waals surface area (Å²) in [6, 6.07) is 7.66. The van der Waals surface area contributed by atoms with Gasteiger partial charge < -0.3 is 14.4 Å². The number of carbonyl (C=O) groups excluding carboxylic acids is 1. The summed E-state index contributed by atoms with van der Waals surface area (Å²) in [5.41, 5.74) is 2.70. The lowest BCUT2D eigenvalue weighted by atomic mass is 9.91. The number of pyridine rings is 2. The molecule has 1 amide bonds. The minimum Gasteiger partial charge on any atom is -0.377 e. The molecule has 0 aromatic carbocycles. The van der Waals surface area contributed by atoms with Gasteiger partial charge in [0, 0.05) is 49.9 Å². The smallest absolute Gasteiger partial charge is 0.255 e. The molecule has 4 rings (SSSR count). The topological polar surface area (TPSA) is 64.6 Å². The standard InChI is InChI=1S/C21H25N3O3/c1-15-2-3-17(10-23-15)21(25)24-11-19-18(14-27-20(19)12-24)6-9-26-13-16-4-7-22-8-5-16/h2-5,7-8,10,18-20H,6,9,11-14H2,1H3/t18-,19-,20-/m0/s1. The summed E-state index contributed by atoms with van der Waals surface area (Å²) < 4.78 is 11.8. The Labute approximate surface area is 159 Å². The molecule has 0 bridgehead atoms. The third kappa shape index (κ3) is 4.17. The first-order chi connectivity index (χ1) is 13.2. The lowest BCUT2D eigenvalue weighted by molar-refractivity contribution is 0.0648. The van der Waals surface area contributed by atoms with Crippen molar-refractivity contribution in [3.63, 3.8) is 0 Å². The van der Waals surface area contributed by atoms with Crippen molar-refractivity contribution < 1.29 is 14.3 Å². The molecule has 0 aliphatic carbocycles. The molecule has 142 valence electrons. The SMILES string of the molecule is Cc1ccc(C(=O)N2C[C@H]3[C@@H](CCOCc4ccncc4)CO[C@H]3C2)cn1. The fourth-order valence-electron chi connectivity index (χ4n) is 3.94. The summed E-state index contributed by atoms with van der Waals surface area (Å²) in [5.74, 6) is 0.895. The number of hydrogen-bond acceptors (Lipinski definition) is 5. The van der Waals surface area contributed by atoms with Crippen LogP contribution in [-0.2, 0) is 16.1 Å². The van der Waals surface area contributed by atoms with Gasteiger partial charge in [-0.3, -0.25) is 14.8 Å². The second kappa shape index (κ2) is 8.15. The molecular weight excluding hydrogens is 342 g/mol. The van der Waals surface area contributed by atoms with Crippen LogP contribution in [0.2, 0.25) is 0 Å². The van der Waals surface area contributed by atoms with Crippen molar-refractivity contribution >= 4 is 5.91 Å². The molecule has 2 aliphatic heterocycles. The van der Waals surface area contributed by atoms with Gasteiger partial charge in [0.05, 0.1) is 24.9 Å². The van der Waals surface area contributed by atoms with Crippen LogP contribution in [0.15, 0.2) is 42.9 Å².